The Labute approximate surface area is 135 Å². The Morgan fingerprint density at radius 2 is 1.73 bits per heavy atom. The van der Waals surface area contributed by atoms with E-state index in [-0.39, 0.29) is 16.3 Å². The topological polar surface area (TPSA) is 32.3 Å². The monoisotopic (exact) mass is 349 g/mol. The summed E-state index contributed by atoms with van der Waals surface area (Å²) in [4.78, 5) is 0. The van der Waals surface area contributed by atoms with E-state index in [0.29, 0.717) is 10.6 Å². The molecular weight excluding hydrogens is 338 g/mol. The first-order chi connectivity index (χ1) is 10.3. The van der Waals surface area contributed by atoms with E-state index >= 15 is 0 Å². The van der Waals surface area contributed by atoms with Crippen molar-refractivity contribution in [2.24, 2.45) is 0 Å². The zero-order chi connectivity index (χ0) is 16.3. The fourth-order valence-corrected chi connectivity index (χ4v) is 2.39. The summed E-state index contributed by atoms with van der Waals surface area (Å²) in [5, 5.41) is 13.4. The maximum Gasteiger partial charge on any atom is 0.405 e. The molecule has 2 nitrogen and oxygen atoms in total. The quantitative estimate of drug-likeness (QED) is 0.809. The van der Waals surface area contributed by atoms with Gasteiger partial charge in [0.15, 0.2) is 0 Å². The molecule has 2 aromatic rings. The second-order valence-electron chi connectivity index (χ2n) is 4.62. The molecule has 0 spiro atoms. The molecule has 0 aliphatic carbocycles. The molecule has 2 N–H and O–H groups in total. The second-order valence-corrected chi connectivity index (χ2v) is 5.47. The predicted octanol–water partition coefficient (Wildman–Crippen LogP) is 5.05. The molecule has 118 valence electrons. The Hall–Kier alpha value is -1.43. The minimum atomic E-state index is -4.36. The minimum absolute atomic E-state index is 0.184. The normalized spacial score (nSPS) is 13.0. The van der Waals surface area contributed by atoms with Crippen LogP contribution in [0.2, 0.25) is 10.0 Å². The van der Waals surface area contributed by atoms with E-state index in [9.17, 15) is 18.3 Å². The molecule has 0 bridgehead atoms. The van der Waals surface area contributed by atoms with Crippen LogP contribution in [0.1, 0.15) is 17.2 Å². The first-order valence-corrected chi connectivity index (χ1v) is 7.06. The van der Waals surface area contributed by atoms with Gasteiger partial charge in [-0.2, -0.15) is 13.2 Å². The van der Waals surface area contributed by atoms with E-state index in [1.54, 1.807) is 18.2 Å². The number of benzene rings is 2. The molecule has 0 aliphatic rings. The molecule has 0 aliphatic heterocycles. The molecule has 0 saturated heterocycles. The van der Waals surface area contributed by atoms with Gasteiger partial charge in [0.25, 0.3) is 0 Å². The van der Waals surface area contributed by atoms with Crippen molar-refractivity contribution in [3.63, 3.8) is 0 Å². The molecule has 0 fully saturated rings. The third-order valence-corrected chi connectivity index (χ3v) is 3.57. The largest absolute Gasteiger partial charge is 0.405 e. The molecule has 0 aromatic heterocycles. The SMILES string of the molecule is OC(c1cc(Cl)ccc1Cl)c1ccccc1NCC(F)(F)F. The number of hydrogen-bond donors (Lipinski definition) is 2. The highest BCUT2D eigenvalue weighted by Crippen LogP contribution is 2.34. The first kappa shape index (κ1) is 16.9. The molecule has 0 amide bonds. The number of halogens is 5. The van der Waals surface area contributed by atoms with Gasteiger partial charge >= 0.3 is 6.18 Å². The van der Waals surface area contributed by atoms with Crippen LogP contribution < -0.4 is 5.32 Å². The summed E-state index contributed by atoms with van der Waals surface area (Å²) in [6, 6.07) is 10.8. The van der Waals surface area contributed by atoms with Gasteiger partial charge < -0.3 is 10.4 Å². The van der Waals surface area contributed by atoms with Gasteiger partial charge in [0.2, 0.25) is 0 Å². The maximum absolute atomic E-state index is 12.4. The first-order valence-electron chi connectivity index (χ1n) is 6.30. The Bertz CT molecular complexity index is 661. The summed E-state index contributed by atoms with van der Waals surface area (Å²) in [6.07, 6.45) is -5.55. The van der Waals surface area contributed by atoms with Crippen LogP contribution in [0.5, 0.6) is 0 Å². The van der Waals surface area contributed by atoms with Crippen molar-refractivity contribution >= 4 is 28.9 Å². The van der Waals surface area contributed by atoms with Crippen molar-refractivity contribution in [2.45, 2.75) is 12.3 Å². The van der Waals surface area contributed by atoms with Crippen LogP contribution in [0.25, 0.3) is 0 Å². The molecule has 0 saturated carbocycles. The lowest BCUT2D eigenvalue weighted by atomic mass is 9.99. The molecular formula is C15H12Cl2F3NO. The highest BCUT2D eigenvalue weighted by molar-refractivity contribution is 6.33. The third kappa shape index (κ3) is 4.29. The third-order valence-electron chi connectivity index (χ3n) is 2.99. The van der Waals surface area contributed by atoms with Crippen molar-refractivity contribution in [3.8, 4) is 0 Å². The zero-order valence-electron chi connectivity index (χ0n) is 11.2. The minimum Gasteiger partial charge on any atom is -0.384 e. The molecule has 2 rings (SSSR count). The predicted molar refractivity (Wildman–Crippen MR) is 81.5 cm³/mol. The van der Waals surface area contributed by atoms with E-state index in [2.05, 4.69) is 5.32 Å². The van der Waals surface area contributed by atoms with Crippen LogP contribution in [0.3, 0.4) is 0 Å². The van der Waals surface area contributed by atoms with Crippen LogP contribution in [0.15, 0.2) is 42.5 Å². The highest BCUT2D eigenvalue weighted by atomic mass is 35.5. The van der Waals surface area contributed by atoms with Gasteiger partial charge in [-0.05, 0) is 24.3 Å². The lowest BCUT2D eigenvalue weighted by molar-refractivity contribution is -0.115. The summed E-state index contributed by atoms with van der Waals surface area (Å²) in [7, 11) is 0. The van der Waals surface area contributed by atoms with Crippen molar-refractivity contribution in [3.05, 3.63) is 63.6 Å². The Kier molecular flexibility index (Phi) is 5.21. The number of nitrogens with one attached hydrogen (secondary N) is 1. The van der Waals surface area contributed by atoms with Crippen molar-refractivity contribution in [1.29, 1.82) is 0 Å². The summed E-state index contributed by atoms with van der Waals surface area (Å²) in [5.41, 5.74) is 0.801. The van der Waals surface area contributed by atoms with Gasteiger partial charge in [-0.3, -0.25) is 0 Å². The number of hydrogen-bond acceptors (Lipinski definition) is 2. The molecule has 0 heterocycles. The summed E-state index contributed by atoms with van der Waals surface area (Å²) in [6.45, 7) is -1.19. The highest BCUT2D eigenvalue weighted by Gasteiger charge is 2.27. The average Bonchev–Trinajstić information content (AvgIpc) is 2.46. The zero-order valence-corrected chi connectivity index (χ0v) is 12.7. The van der Waals surface area contributed by atoms with E-state index in [1.165, 1.54) is 24.3 Å². The summed E-state index contributed by atoms with van der Waals surface area (Å²) >= 11 is 11.9. The van der Waals surface area contributed by atoms with Gasteiger partial charge in [-0.1, -0.05) is 41.4 Å². The number of aliphatic hydroxyl groups is 1. The van der Waals surface area contributed by atoms with Gasteiger partial charge in [-0.15, -0.1) is 0 Å². The number of aliphatic hydroxyl groups excluding tert-OH is 1. The molecule has 22 heavy (non-hydrogen) atoms. The van der Waals surface area contributed by atoms with Crippen LogP contribution in [-0.4, -0.2) is 17.8 Å². The van der Waals surface area contributed by atoms with E-state index in [0.717, 1.165) is 0 Å². The number of rotatable bonds is 4. The Balaban J connectivity index is 2.33. The summed E-state index contributed by atoms with van der Waals surface area (Å²) < 4.78 is 37.1. The standard InChI is InChI=1S/C15H12Cl2F3NO/c16-9-5-6-12(17)11(7-9)14(22)10-3-1-2-4-13(10)21-8-15(18,19)20/h1-7,14,21-22H,8H2. The van der Waals surface area contributed by atoms with Gasteiger partial charge in [0.05, 0.1) is 0 Å². The second kappa shape index (κ2) is 6.77. The van der Waals surface area contributed by atoms with Crippen molar-refractivity contribution in [1.82, 2.24) is 0 Å². The molecule has 0 radical (unpaired) electrons. The van der Waals surface area contributed by atoms with Crippen molar-refractivity contribution < 1.29 is 18.3 Å². The van der Waals surface area contributed by atoms with Gasteiger partial charge in [0.1, 0.15) is 12.6 Å². The fraction of sp³-hybridized carbons (Fsp3) is 0.200. The fourth-order valence-electron chi connectivity index (χ4n) is 1.98. The molecule has 1 unspecified atom stereocenters. The molecule has 2 aromatic carbocycles. The van der Waals surface area contributed by atoms with Crippen LogP contribution in [0.4, 0.5) is 18.9 Å². The lowest BCUT2D eigenvalue weighted by Gasteiger charge is -2.19. The molecule has 7 heteroatoms. The van der Waals surface area contributed by atoms with E-state index < -0.39 is 18.8 Å². The lowest BCUT2D eigenvalue weighted by Crippen LogP contribution is -2.22. The van der Waals surface area contributed by atoms with E-state index in [1.807, 2.05) is 0 Å². The number of para-hydroxylation sites is 1. The summed E-state index contributed by atoms with van der Waals surface area (Å²) in [5.74, 6) is 0. The van der Waals surface area contributed by atoms with Crippen LogP contribution >= 0.6 is 23.2 Å². The smallest absolute Gasteiger partial charge is 0.384 e. The maximum atomic E-state index is 12.4. The van der Waals surface area contributed by atoms with E-state index in [4.69, 9.17) is 23.2 Å². The average molecular weight is 350 g/mol. The van der Waals surface area contributed by atoms with Gasteiger partial charge in [-0.25, -0.2) is 0 Å². The number of alkyl halides is 3. The van der Waals surface area contributed by atoms with Crippen LogP contribution in [0, 0.1) is 0 Å². The van der Waals surface area contributed by atoms with Crippen LogP contribution in [-0.2, 0) is 0 Å². The molecule has 1 atom stereocenters. The Morgan fingerprint density at radius 1 is 1.05 bits per heavy atom. The van der Waals surface area contributed by atoms with Crippen molar-refractivity contribution in [2.75, 3.05) is 11.9 Å². The Morgan fingerprint density at radius 3 is 2.41 bits per heavy atom. The number of anilines is 1. The van der Waals surface area contributed by atoms with Gasteiger partial charge in [0, 0.05) is 26.9 Å².